The number of aromatic nitrogens is 2. The van der Waals surface area contributed by atoms with Crippen molar-refractivity contribution in [2.45, 2.75) is 38.0 Å². The average Bonchev–Trinajstić information content (AvgIpc) is 3.29. The summed E-state index contributed by atoms with van der Waals surface area (Å²) >= 11 is 0. The molecule has 1 aromatic carbocycles. The molecule has 0 aliphatic carbocycles. The van der Waals surface area contributed by atoms with E-state index in [4.69, 9.17) is 9.63 Å². The molecule has 0 spiro atoms. The van der Waals surface area contributed by atoms with Crippen LogP contribution >= 0.6 is 0 Å². The molecule has 2 fully saturated rings. The Morgan fingerprint density at radius 1 is 1.15 bits per heavy atom. The number of carboxylic acids is 1. The lowest BCUT2D eigenvalue weighted by atomic mass is 10.1. The van der Waals surface area contributed by atoms with Gasteiger partial charge in [-0.15, -0.1) is 0 Å². The zero-order valence-electron chi connectivity index (χ0n) is 15.1. The van der Waals surface area contributed by atoms with Crippen molar-refractivity contribution in [1.29, 1.82) is 0 Å². The van der Waals surface area contributed by atoms with Crippen LogP contribution in [-0.4, -0.2) is 74.4 Å². The zero-order chi connectivity index (χ0) is 18.8. The number of aliphatic hydroxyl groups excluding tert-OH is 1. The molecule has 2 aromatic rings. The Bertz CT molecular complexity index is 785. The molecule has 1 aromatic heterocycles. The van der Waals surface area contributed by atoms with Crippen molar-refractivity contribution in [2.24, 2.45) is 0 Å². The number of carbonyl (C=O) groups is 1. The zero-order valence-corrected chi connectivity index (χ0v) is 15.1. The number of β-amino-alcohol motifs (C(OH)–C–C–N with tert-alkyl or cyclic N) is 1. The second kappa shape index (κ2) is 7.75. The van der Waals surface area contributed by atoms with Gasteiger partial charge < -0.3 is 14.7 Å². The Kier molecular flexibility index (Phi) is 5.20. The maximum atomic E-state index is 10.9. The number of carboxylic acid groups (broad SMARTS) is 1. The fourth-order valence-corrected chi connectivity index (χ4v) is 3.97. The van der Waals surface area contributed by atoms with Crippen LogP contribution < -0.4 is 0 Å². The fraction of sp³-hybridized carbons (Fsp3) is 0.526. The van der Waals surface area contributed by atoms with Crippen LogP contribution in [0.4, 0.5) is 0 Å². The van der Waals surface area contributed by atoms with E-state index in [1.54, 1.807) is 12.1 Å². The summed E-state index contributed by atoms with van der Waals surface area (Å²) in [5, 5.41) is 23.4. The monoisotopic (exact) mass is 372 g/mol. The van der Waals surface area contributed by atoms with Crippen molar-refractivity contribution < 1.29 is 19.5 Å². The molecule has 8 nitrogen and oxygen atoms in total. The summed E-state index contributed by atoms with van der Waals surface area (Å²) in [5.74, 6) is -0.0285. The third-order valence-corrected chi connectivity index (χ3v) is 5.41. The van der Waals surface area contributed by atoms with E-state index in [9.17, 15) is 9.90 Å². The molecule has 0 bridgehead atoms. The van der Waals surface area contributed by atoms with Crippen LogP contribution in [0.1, 0.15) is 35.5 Å². The normalized spacial score (nSPS) is 24.3. The molecule has 4 rings (SSSR count). The molecule has 2 aliphatic rings. The highest BCUT2D eigenvalue weighted by atomic mass is 16.5. The predicted molar refractivity (Wildman–Crippen MR) is 97.2 cm³/mol. The second-order valence-electron chi connectivity index (χ2n) is 7.32. The Morgan fingerprint density at radius 3 is 2.59 bits per heavy atom. The van der Waals surface area contributed by atoms with E-state index in [0.29, 0.717) is 30.4 Å². The lowest BCUT2D eigenvalue weighted by molar-refractivity contribution is 0.0695. The van der Waals surface area contributed by atoms with Gasteiger partial charge in [0.15, 0.2) is 0 Å². The Hall–Kier alpha value is -2.29. The summed E-state index contributed by atoms with van der Waals surface area (Å²) < 4.78 is 5.36. The Balaban J connectivity index is 1.38. The molecular weight excluding hydrogens is 348 g/mol. The second-order valence-corrected chi connectivity index (χ2v) is 7.32. The van der Waals surface area contributed by atoms with Gasteiger partial charge in [-0.05, 0) is 38.1 Å². The first-order valence-corrected chi connectivity index (χ1v) is 9.41. The standard InChI is InChI=1S/C19H24N4O4/c24-16-11-22(10-15(16)23-8-2-1-3-9-23)12-17-20-18(21-27-17)13-4-6-14(7-5-13)19(25)26/h4-7,15-16,24H,1-3,8-12H2,(H,25,26)/t15-,16-/m0/s1. The number of hydrogen-bond donors (Lipinski definition) is 2. The number of hydrogen-bond acceptors (Lipinski definition) is 7. The molecule has 0 saturated carbocycles. The van der Waals surface area contributed by atoms with Gasteiger partial charge in [-0.2, -0.15) is 4.98 Å². The third kappa shape index (κ3) is 4.02. The Labute approximate surface area is 157 Å². The van der Waals surface area contributed by atoms with Crippen LogP contribution in [0.3, 0.4) is 0 Å². The largest absolute Gasteiger partial charge is 0.478 e. The van der Waals surface area contributed by atoms with Crippen LogP contribution in [-0.2, 0) is 6.54 Å². The predicted octanol–water partition coefficient (Wildman–Crippen LogP) is 1.47. The van der Waals surface area contributed by atoms with Gasteiger partial charge in [-0.1, -0.05) is 23.7 Å². The molecule has 144 valence electrons. The van der Waals surface area contributed by atoms with Gasteiger partial charge in [0.25, 0.3) is 0 Å². The minimum atomic E-state index is -0.966. The summed E-state index contributed by atoms with van der Waals surface area (Å²) in [5.41, 5.74) is 0.930. The molecule has 0 amide bonds. The quantitative estimate of drug-likeness (QED) is 0.813. The van der Waals surface area contributed by atoms with Gasteiger partial charge in [-0.25, -0.2) is 4.79 Å². The summed E-state index contributed by atoms with van der Waals surface area (Å²) in [6, 6.07) is 6.56. The van der Waals surface area contributed by atoms with Crippen LogP contribution in [0, 0.1) is 0 Å². The number of piperidine rings is 1. The molecule has 27 heavy (non-hydrogen) atoms. The maximum absolute atomic E-state index is 10.9. The number of aliphatic hydroxyl groups is 1. The molecular formula is C19H24N4O4. The van der Waals surface area contributed by atoms with Gasteiger partial charge in [0, 0.05) is 24.7 Å². The first-order chi connectivity index (χ1) is 13.1. The van der Waals surface area contributed by atoms with Crippen molar-refractivity contribution in [1.82, 2.24) is 19.9 Å². The highest BCUT2D eigenvalue weighted by Crippen LogP contribution is 2.23. The minimum absolute atomic E-state index is 0.177. The van der Waals surface area contributed by atoms with E-state index in [1.165, 1.54) is 31.4 Å². The van der Waals surface area contributed by atoms with E-state index in [1.807, 2.05) is 0 Å². The van der Waals surface area contributed by atoms with Crippen molar-refractivity contribution in [3.8, 4) is 11.4 Å². The molecule has 0 radical (unpaired) electrons. The maximum Gasteiger partial charge on any atom is 0.335 e. The van der Waals surface area contributed by atoms with Crippen LogP contribution in [0.15, 0.2) is 28.8 Å². The average molecular weight is 372 g/mol. The summed E-state index contributed by atoms with van der Waals surface area (Å²) in [6.45, 7) is 4.03. The van der Waals surface area contributed by atoms with Crippen LogP contribution in [0.2, 0.25) is 0 Å². The van der Waals surface area contributed by atoms with Gasteiger partial charge in [0.1, 0.15) is 0 Å². The summed E-state index contributed by atoms with van der Waals surface area (Å²) in [7, 11) is 0. The topological polar surface area (TPSA) is 103 Å². The number of nitrogens with zero attached hydrogens (tertiary/aromatic N) is 4. The van der Waals surface area contributed by atoms with Crippen molar-refractivity contribution in [3.63, 3.8) is 0 Å². The molecule has 2 aliphatic heterocycles. The highest BCUT2D eigenvalue weighted by Gasteiger charge is 2.36. The Morgan fingerprint density at radius 2 is 1.89 bits per heavy atom. The first kappa shape index (κ1) is 18.1. The molecule has 0 unspecified atom stereocenters. The van der Waals surface area contributed by atoms with E-state index < -0.39 is 5.97 Å². The summed E-state index contributed by atoms with van der Waals surface area (Å²) in [4.78, 5) is 19.9. The van der Waals surface area contributed by atoms with Gasteiger partial charge in [0.2, 0.25) is 11.7 Å². The van der Waals surface area contributed by atoms with Crippen molar-refractivity contribution in [2.75, 3.05) is 26.2 Å². The fourth-order valence-electron chi connectivity index (χ4n) is 3.97. The number of rotatable bonds is 5. The van der Waals surface area contributed by atoms with Crippen LogP contribution in [0.5, 0.6) is 0 Å². The number of aromatic carboxylic acids is 1. The lowest BCUT2D eigenvalue weighted by Gasteiger charge is -2.33. The number of benzene rings is 1. The van der Waals surface area contributed by atoms with Crippen molar-refractivity contribution >= 4 is 5.97 Å². The van der Waals surface area contributed by atoms with E-state index in [2.05, 4.69) is 19.9 Å². The molecule has 3 heterocycles. The van der Waals surface area contributed by atoms with Crippen molar-refractivity contribution in [3.05, 3.63) is 35.7 Å². The van der Waals surface area contributed by atoms with E-state index in [-0.39, 0.29) is 17.7 Å². The SMILES string of the molecule is O=C(O)c1ccc(-c2noc(CN3C[C@H](O)[C@@H](N4CCCCC4)C3)n2)cc1. The summed E-state index contributed by atoms with van der Waals surface area (Å²) in [6.07, 6.45) is 3.34. The molecule has 2 saturated heterocycles. The van der Waals surface area contributed by atoms with Gasteiger partial charge in [0.05, 0.1) is 18.2 Å². The third-order valence-electron chi connectivity index (χ3n) is 5.41. The molecule has 2 atom stereocenters. The van der Waals surface area contributed by atoms with E-state index in [0.717, 1.165) is 19.6 Å². The van der Waals surface area contributed by atoms with E-state index >= 15 is 0 Å². The smallest absolute Gasteiger partial charge is 0.335 e. The van der Waals surface area contributed by atoms with Gasteiger partial charge >= 0.3 is 5.97 Å². The number of likely N-dealkylation sites (tertiary alicyclic amines) is 2. The first-order valence-electron chi connectivity index (χ1n) is 9.41. The minimum Gasteiger partial charge on any atom is -0.478 e. The molecule has 8 heteroatoms. The van der Waals surface area contributed by atoms with Gasteiger partial charge in [-0.3, -0.25) is 9.80 Å². The highest BCUT2D eigenvalue weighted by molar-refractivity contribution is 5.88. The van der Waals surface area contributed by atoms with Crippen LogP contribution in [0.25, 0.3) is 11.4 Å². The lowest BCUT2D eigenvalue weighted by Crippen LogP contribution is -2.45. The molecule has 2 N–H and O–H groups in total.